The van der Waals surface area contributed by atoms with E-state index in [1.54, 1.807) is 6.33 Å². The van der Waals surface area contributed by atoms with Crippen molar-refractivity contribution in [2.75, 3.05) is 13.7 Å². The zero-order chi connectivity index (χ0) is 17.3. The average Bonchev–Trinajstić information content (AvgIpc) is 3.30. The van der Waals surface area contributed by atoms with Crippen LogP contribution in [0.4, 0.5) is 0 Å². The Labute approximate surface area is 172 Å². The Morgan fingerprint density at radius 1 is 1.38 bits per heavy atom. The van der Waals surface area contributed by atoms with Gasteiger partial charge in [0.05, 0.1) is 12.6 Å². The largest absolute Gasteiger partial charge is 0.378 e. The first-order chi connectivity index (χ1) is 12.2. The fourth-order valence-corrected chi connectivity index (χ4v) is 4.97. The Kier molecular flexibility index (Phi) is 6.42. The normalized spacial score (nSPS) is 29.6. The molecule has 1 spiro atoms. The van der Waals surface area contributed by atoms with E-state index in [-0.39, 0.29) is 24.0 Å². The molecule has 2 heterocycles. The quantitative estimate of drug-likeness (QED) is 0.397. The van der Waals surface area contributed by atoms with E-state index in [1.807, 2.05) is 11.7 Å². The molecule has 1 aliphatic heterocycles. The van der Waals surface area contributed by atoms with Gasteiger partial charge in [0.2, 0.25) is 0 Å². The minimum Gasteiger partial charge on any atom is -0.378 e. The van der Waals surface area contributed by atoms with Crippen molar-refractivity contribution in [2.24, 2.45) is 10.4 Å². The number of aromatic nitrogens is 3. The summed E-state index contributed by atoms with van der Waals surface area (Å²) < 4.78 is 8.02. The number of aryl methyl sites for hydroxylation is 1. The van der Waals surface area contributed by atoms with Crippen molar-refractivity contribution in [1.82, 2.24) is 25.4 Å². The molecule has 2 saturated carbocycles. The summed E-state index contributed by atoms with van der Waals surface area (Å²) in [5.74, 6) is 2.00. The summed E-state index contributed by atoms with van der Waals surface area (Å²) in [4.78, 5) is 8.78. The molecule has 3 unspecified atom stereocenters. The van der Waals surface area contributed by atoms with Crippen LogP contribution < -0.4 is 10.6 Å². The van der Waals surface area contributed by atoms with Gasteiger partial charge in [0.25, 0.3) is 0 Å². The first kappa shape index (κ1) is 19.9. The van der Waals surface area contributed by atoms with Crippen LogP contribution >= 0.6 is 24.0 Å². The number of nitrogens with one attached hydrogen (secondary N) is 2. The summed E-state index contributed by atoms with van der Waals surface area (Å²) in [7, 11) is 1.86. The minimum atomic E-state index is 0. The van der Waals surface area contributed by atoms with E-state index in [2.05, 4.69) is 32.6 Å². The lowest BCUT2D eigenvalue weighted by Crippen LogP contribution is -2.65. The Balaban J connectivity index is 0.00000196. The topological polar surface area (TPSA) is 76.4 Å². The van der Waals surface area contributed by atoms with Crippen LogP contribution in [0.1, 0.15) is 51.3 Å². The van der Waals surface area contributed by atoms with Crippen LogP contribution in [0.2, 0.25) is 0 Å². The molecule has 8 heteroatoms. The van der Waals surface area contributed by atoms with Gasteiger partial charge in [-0.2, -0.15) is 5.10 Å². The third kappa shape index (κ3) is 3.58. The van der Waals surface area contributed by atoms with Gasteiger partial charge in [-0.3, -0.25) is 4.99 Å². The van der Waals surface area contributed by atoms with E-state index >= 15 is 0 Å². The van der Waals surface area contributed by atoms with Crippen LogP contribution in [-0.2, 0) is 17.7 Å². The minimum absolute atomic E-state index is 0. The second-order valence-electron chi connectivity index (χ2n) is 7.63. The van der Waals surface area contributed by atoms with E-state index in [0.717, 1.165) is 44.2 Å². The van der Waals surface area contributed by atoms with Gasteiger partial charge in [-0.15, -0.1) is 24.0 Å². The number of halogens is 1. The monoisotopic (exact) mass is 474 g/mol. The number of rotatable bonds is 4. The predicted octanol–water partition coefficient (Wildman–Crippen LogP) is 2.11. The van der Waals surface area contributed by atoms with Crippen molar-refractivity contribution in [3.63, 3.8) is 0 Å². The molecular formula is C18H31IN6O. The van der Waals surface area contributed by atoms with Gasteiger partial charge >= 0.3 is 0 Å². The molecule has 1 aromatic heterocycles. The standard InChI is InChI=1S/C18H30N6O.HI/c1-3-25-15-10-14(18(15)8-4-5-9-18)23-17(19-2)22-13-6-7-16-20-12-21-24(16)11-13;/h12-15H,3-11H2,1-2H3,(H2,19,22,23);1H. The van der Waals surface area contributed by atoms with Crippen molar-refractivity contribution >= 4 is 29.9 Å². The molecule has 1 aromatic rings. The zero-order valence-corrected chi connectivity index (χ0v) is 18.1. The molecule has 146 valence electrons. The predicted molar refractivity (Wildman–Crippen MR) is 112 cm³/mol. The number of guanidine groups is 1. The van der Waals surface area contributed by atoms with E-state index < -0.39 is 0 Å². The second kappa shape index (κ2) is 8.41. The summed E-state index contributed by atoms with van der Waals surface area (Å²) in [6.45, 7) is 3.77. The molecular weight excluding hydrogens is 443 g/mol. The number of hydrogen-bond acceptors (Lipinski definition) is 4. The second-order valence-corrected chi connectivity index (χ2v) is 7.63. The maximum absolute atomic E-state index is 6.02. The Bertz CT molecular complexity index is 627. The lowest BCUT2D eigenvalue weighted by molar-refractivity contribution is -0.125. The molecule has 0 amide bonds. The summed E-state index contributed by atoms with van der Waals surface area (Å²) in [5, 5.41) is 11.6. The number of hydrogen-bond donors (Lipinski definition) is 2. The molecule has 3 atom stereocenters. The van der Waals surface area contributed by atoms with Crippen molar-refractivity contribution in [2.45, 2.75) is 76.6 Å². The third-order valence-corrected chi connectivity index (χ3v) is 6.37. The fourth-order valence-electron chi connectivity index (χ4n) is 4.97. The van der Waals surface area contributed by atoms with Crippen molar-refractivity contribution in [1.29, 1.82) is 0 Å². The lowest BCUT2D eigenvalue weighted by Gasteiger charge is -2.54. The summed E-state index contributed by atoms with van der Waals surface area (Å²) in [6.07, 6.45) is 10.4. The SMILES string of the molecule is CCOC1CC(NC(=NC)NC2CCc3ncnn3C2)C12CCCC2.I. The van der Waals surface area contributed by atoms with E-state index in [1.165, 1.54) is 25.7 Å². The van der Waals surface area contributed by atoms with Gasteiger partial charge in [-0.1, -0.05) is 12.8 Å². The summed E-state index contributed by atoms with van der Waals surface area (Å²) in [5.41, 5.74) is 0.319. The molecule has 3 aliphatic rings. The molecule has 7 nitrogen and oxygen atoms in total. The highest BCUT2D eigenvalue weighted by Gasteiger charge is 2.57. The zero-order valence-electron chi connectivity index (χ0n) is 15.8. The first-order valence-electron chi connectivity index (χ1n) is 9.73. The number of aliphatic imine (C=N–C) groups is 1. The fraction of sp³-hybridized carbons (Fsp3) is 0.833. The summed E-state index contributed by atoms with van der Waals surface area (Å²) >= 11 is 0. The molecule has 4 rings (SSSR count). The number of nitrogens with zero attached hydrogens (tertiary/aromatic N) is 4. The van der Waals surface area contributed by atoms with Crippen LogP contribution in [0.15, 0.2) is 11.3 Å². The molecule has 2 aliphatic carbocycles. The highest BCUT2D eigenvalue weighted by molar-refractivity contribution is 14.0. The smallest absolute Gasteiger partial charge is 0.191 e. The van der Waals surface area contributed by atoms with Crippen LogP contribution in [0, 0.1) is 5.41 Å². The highest BCUT2D eigenvalue weighted by atomic mass is 127. The molecule has 2 fully saturated rings. The van der Waals surface area contributed by atoms with Crippen LogP contribution in [0.25, 0.3) is 0 Å². The molecule has 0 bridgehead atoms. The van der Waals surface area contributed by atoms with Gasteiger partial charge in [0, 0.05) is 37.6 Å². The van der Waals surface area contributed by atoms with Crippen molar-refractivity contribution in [3.05, 3.63) is 12.2 Å². The van der Waals surface area contributed by atoms with Gasteiger partial charge in [-0.05, 0) is 32.6 Å². The van der Waals surface area contributed by atoms with E-state index in [4.69, 9.17) is 4.74 Å². The van der Waals surface area contributed by atoms with Crippen molar-refractivity contribution < 1.29 is 4.74 Å². The Morgan fingerprint density at radius 3 is 2.92 bits per heavy atom. The van der Waals surface area contributed by atoms with Gasteiger partial charge in [0.15, 0.2) is 5.96 Å². The van der Waals surface area contributed by atoms with E-state index in [0.29, 0.717) is 23.6 Å². The van der Waals surface area contributed by atoms with Gasteiger partial charge in [-0.25, -0.2) is 9.67 Å². The first-order valence-corrected chi connectivity index (χ1v) is 9.73. The lowest BCUT2D eigenvalue weighted by atomic mass is 9.60. The molecule has 0 radical (unpaired) electrons. The highest BCUT2D eigenvalue weighted by Crippen LogP contribution is 2.54. The molecule has 0 aromatic carbocycles. The van der Waals surface area contributed by atoms with Gasteiger partial charge < -0.3 is 15.4 Å². The third-order valence-electron chi connectivity index (χ3n) is 6.37. The number of ether oxygens (including phenoxy) is 1. The van der Waals surface area contributed by atoms with Crippen LogP contribution in [-0.4, -0.2) is 52.6 Å². The molecule has 2 N–H and O–H groups in total. The van der Waals surface area contributed by atoms with Crippen molar-refractivity contribution in [3.8, 4) is 0 Å². The average molecular weight is 474 g/mol. The molecule has 0 saturated heterocycles. The number of fused-ring (bicyclic) bond motifs is 1. The Morgan fingerprint density at radius 2 is 2.19 bits per heavy atom. The maximum Gasteiger partial charge on any atom is 0.191 e. The molecule has 26 heavy (non-hydrogen) atoms. The van der Waals surface area contributed by atoms with Crippen LogP contribution in [0.5, 0.6) is 0 Å². The maximum atomic E-state index is 6.02. The van der Waals surface area contributed by atoms with Gasteiger partial charge in [0.1, 0.15) is 12.2 Å². The Hall–Kier alpha value is -0.900. The van der Waals surface area contributed by atoms with Crippen LogP contribution in [0.3, 0.4) is 0 Å². The summed E-state index contributed by atoms with van der Waals surface area (Å²) in [6, 6.07) is 0.825. The van der Waals surface area contributed by atoms with E-state index in [9.17, 15) is 0 Å².